The van der Waals surface area contributed by atoms with Crippen LogP contribution in [-0.4, -0.2) is 42.2 Å². The van der Waals surface area contributed by atoms with Gasteiger partial charge in [-0.15, -0.1) is 0 Å². The number of rotatable bonds is 5. The third kappa shape index (κ3) is 4.17. The largest absolute Gasteiger partial charge is 0.480 e. The van der Waals surface area contributed by atoms with Crippen molar-refractivity contribution in [2.24, 2.45) is 0 Å². The highest BCUT2D eigenvalue weighted by atomic mass is 19.1. The Hall–Kier alpha value is -1.62. The van der Waals surface area contributed by atoms with E-state index in [2.05, 4.69) is 11.8 Å². The van der Waals surface area contributed by atoms with Crippen molar-refractivity contribution in [2.45, 2.75) is 38.8 Å². The average Bonchev–Trinajstić information content (AvgIpc) is 2.42. The second-order valence-corrected chi connectivity index (χ2v) is 5.85. The van der Waals surface area contributed by atoms with E-state index < -0.39 is 5.97 Å². The van der Waals surface area contributed by atoms with E-state index in [1.165, 1.54) is 30.2 Å². The molecule has 1 aromatic rings. The van der Waals surface area contributed by atoms with Gasteiger partial charge in [-0.05, 0) is 44.0 Å². The fourth-order valence-corrected chi connectivity index (χ4v) is 2.86. The number of hydrogen-bond donors (Lipinski definition) is 1. The third-order valence-electron chi connectivity index (χ3n) is 4.12. The van der Waals surface area contributed by atoms with Crippen molar-refractivity contribution in [2.75, 3.05) is 25.0 Å². The lowest BCUT2D eigenvalue weighted by Gasteiger charge is -2.33. The molecule has 1 heterocycles. The summed E-state index contributed by atoms with van der Waals surface area (Å²) >= 11 is 0. The molecule has 0 radical (unpaired) electrons. The summed E-state index contributed by atoms with van der Waals surface area (Å²) in [5.41, 5.74) is 1.37. The summed E-state index contributed by atoms with van der Waals surface area (Å²) in [4.78, 5) is 14.6. The maximum Gasteiger partial charge on any atom is 0.323 e. The van der Waals surface area contributed by atoms with Crippen LogP contribution in [0.15, 0.2) is 18.2 Å². The lowest BCUT2D eigenvalue weighted by atomic mass is 10.0. The first-order chi connectivity index (χ1) is 9.97. The van der Waals surface area contributed by atoms with Crippen molar-refractivity contribution >= 4 is 11.7 Å². The SMILES string of the molecule is CC1CCCCN1Cc1ccc(F)c(N(C)CC(=O)O)c1. The van der Waals surface area contributed by atoms with Crippen LogP contribution in [0.25, 0.3) is 0 Å². The minimum Gasteiger partial charge on any atom is -0.480 e. The normalized spacial score (nSPS) is 19.5. The average molecular weight is 294 g/mol. The van der Waals surface area contributed by atoms with Crippen LogP contribution >= 0.6 is 0 Å². The number of halogens is 1. The minimum atomic E-state index is -0.966. The van der Waals surface area contributed by atoms with Gasteiger partial charge in [0.25, 0.3) is 0 Å². The highest BCUT2D eigenvalue weighted by Crippen LogP contribution is 2.23. The summed E-state index contributed by atoms with van der Waals surface area (Å²) in [6.07, 6.45) is 3.68. The molecule has 1 fully saturated rings. The molecule has 1 unspecified atom stereocenters. The number of hydrogen-bond acceptors (Lipinski definition) is 3. The maximum absolute atomic E-state index is 13.9. The molecule has 4 nitrogen and oxygen atoms in total. The van der Waals surface area contributed by atoms with Crippen molar-refractivity contribution in [1.29, 1.82) is 0 Å². The van der Waals surface area contributed by atoms with Crippen molar-refractivity contribution in [3.8, 4) is 0 Å². The van der Waals surface area contributed by atoms with Gasteiger partial charge < -0.3 is 10.0 Å². The van der Waals surface area contributed by atoms with Gasteiger partial charge >= 0.3 is 5.97 Å². The second kappa shape index (κ2) is 6.89. The lowest BCUT2D eigenvalue weighted by molar-refractivity contribution is -0.135. The number of aliphatic carboxylic acids is 1. The van der Waals surface area contributed by atoms with Gasteiger partial charge in [0.1, 0.15) is 12.4 Å². The van der Waals surface area contributed by atoms with Gasteiger partial charge in [-0.3, -0.25) is 9.69 Å². The zero-order chi connectivity index (χ0) is 15.4. The zero-order valence-corrected chi connectivity index (χ0v) is 12.7. The summed E-state index contributed by atoms with van der Waals surface area (Å²) in [5.74, 6) is -1.35. The molecule has 1 aromatic carbocycles. The fourth-order valence-electron chi connectivity index (χ4n) is 2.86. The summed E-state index contributed by atoms with van der Waals surface area (Å²) in [6.45, 7) is 3.87. The van der Waals surface area contributed by atoms with E-state index in [0.29, 0.717) is 11.7 Å². The Morgan fingerprint density at radius 2 is 2.24 bits per heavy atom. The van der Waals surface area contributed by atoms with E-state index >= 15 is 0 Å². The highest BCUT2D eigenvalue weighted by Gasteiger charge is 2.19. The molecule has 5 heteroatoms. The van der Waals surface area contributed by atoms with Crippen LogP contribution in [-0.2, 0) is 11.3 Å². The number of likely N-dealkylation sites (N-methyl/N-ethyl adjacent to an activating group) is 1. The van der Waals surface area contributed by atoms with E-state index in [0.717, 1.165) is 18.7 Å². The summed E-state index contributed by atoms with van der Waals surface area (Å²) in [6, 6.07) is 5.52. The molecule has 1 aliphatic rings. The Bertz CT molecular complexity index is 507. The third-order valence-corrected chi connectivity index (χ3v) is 4.12. The topological polar surface area (TPSA) is 43.8 Å². The first kappa shape index (κ1) is 15.8. The number of likely N-dealkylation sites (tertiary alicyclic amines) is 1. The summed E-state index contributed by atoms with van der Waals surface area (Å²) in [5, 5.41) is 8.83. The van der Waals surface area contributed by atoms with E-state index in [-0.39, 0.29) is 12.4 Å². The van der Waals surface area contributed by atoms with Crippen LogP contribution in [0.4, 0.5) is 10.1 Å². The fraction of sp³-hybridized carbons (Fsp3) is 0.562. The van der Waals surface area contributed by atoms with Crippen molar-refractivity contribution in [3.63, 3.8) is 0 Å². The number of carboxylic acids is 1. The maximum atomic E-state index is 13.9. The zero-order valence-electron chi connectivity index (χ0n) is 12.7. The molecule has 116 valence electrons. The minimum absolute atomic E-state index is 0.208. The molecule has 1 aliphatic heterocycles. The van der Waals surface area contributed by atoms with Gasteiger partial charge in [0.05, 0.1) is 5.69 Å². The van der Waals surface area contributed by atoms with Crippen molar-refractivity contribution in [1.82, 2.24) is 4.90 Å². The molecule has 0 aromatic heterocycles. The second-order valence-electron chi connectivity index (χ2n) is 5.85. The van der Waals surface area contributed by atoms with Gasteiger partial charge in [0.2, 0.25) is 0 Å². The van der Waals surface area contributed by atoms with Gasteiger partial charge in [-0.25, -0.2) is 4.39 Å². The Kier molecular flexibility index (Phi) is 5.17. The van der Waals surface area contributed by atoms with Gasteiger partial charge in [0.15, 0.2) is 0 Å². The quantitative estimate of drug-likeness (QED) is 0.907. The molecular formula is C16H23FN2O2. The van der Waals surface area contributed by atoms with Gasteiger partial charge in [0, 0.05) is 19.6 Å². The molecule has 0 amide bonds. The van der Waals surface area contributed by atoms with E-state index in [1.807, 2.05) is 0 Å². The Labute approximate surface area is 125 Å². The Morgan fingerprint density at radius 1 is 1.48 bits per heavy atom. The molecule has 2 rings (SSSR count). The molecule has 0 aliphatic carbocycles. The lowest BCUT2D eigenvalue weighted by Crippen LogP contribution is -2.36. The molecule has 0 spiro atoms. The summed E-state index contributed by atoms with van der Waals surface area (Å²) < 4.78 is 13.9. The smallest absolute Gasteiger partial charge is 0.323 e. The molecule has 0 saturated carbocycles. The Balaban J connectivity index is 2.12. The number of nitrogens with zero attached hydrogens (tertiary/aromatic N) is 2. The molecule has 1 atom stereocenters. The van der Waals surface area contributed by atoms with Crippen LogP contribution in [0.1, 0.15) is 31.7 Å². The number of anilines is 1. The van der Waals surface area contributed by atoms with E-state index in [1.54, 1.807) is 19.2 Å². The van der Waals surface area contributed by atoms with Crippen LogP contribution in [0, 0.1) is 5.82 Å². The highest BCUT2D eigenvalue weighted by molar-refractivity contribution is 5.73. The summed E-state index contributed by atoms with van der Waals surface area (Å²) in [7, 11) is 1.60. The molecule has 21 heavy (non-hydrogen) atoms. The monoisotopic (exact) mass is 294 g/mol. The Morgan fingerprint density at radius 3 is 2.90 bits per heavy atom. The molecule has 1 saturated heterocycles. The van der Waals surface area contributed by atoms with E-state index in [4.69, 9.17) is 5.11 Å². The predicted molar refractivity (Wildman–Crippen MR) is 81.0 cm³/mol. The molecular weight excluding hydrogens is 271 g/mol. The van der Waals surface area contributed by atoms with Crippen LogP contribution in [0.5, 0.6) is 0 Å². The number of benzene rings is 1. The van der Waals surface area contributed by atoms with Gasteiger partial charge in [-0.2, -0.15) is 0 Å². The van der Waals surface area contributed by atoms with Crippen molar-refractivity contribution in [3.05, 3.63) is 29.6 Å². The first-order valence-electron chi connectivity index (χ1n) is 7.43. The standard InChI is InChI=1S/C16H23FN2O2/c1-12-5-3-4-8-19(12)10-13-6-7-14(17)15(9-13)18(2)11-16(20)21/h6-7,9,12H,3-5,8,10-11H2,1-2H3,(H,20,21). The van der Waals surface area contributed by atoms with Crippen LogP contribution in [0.3, 0.4) is 0 Å². The molecule has 1 N–H and O–H groups in total. The van der Waals surface area contributed by atoms with Gasteiger partial charge in [-0.1, -0.05) is 12.5 Å². The molecule has 0 bridgehead atoms. The predicted octanol–water partition coefficient (Wildman–Crippen LogP) is 2.72. The number of carbonyl (C=O) groups is 1. The van der Waals surface area contributed by atoms with Crippen molar-refractivity contribution < 1.29 is 14.3 Å². The first-order valence-corrected chi connectivity index (χ1v) is 7.43. The van der Waals surface area contributed by atoms with E-state index in [9.17, 15) is 9.18 Å². The van der Waals surface area contributed by atoms with Crippen LogP contribution in [0.2, 0.25) is 0 Å². The van der Waals surface area contributed by atoms with Crippen LogP contribution < -0.4 is 4.90 Å². The number of carboxylic acid groups (broad SMARTS) is 1. The number of piperidine rings is 1.